The van der Waals surface area contributed by atoms with Crippen molar-refractivity contribution in [3.63, 3.8) is 0 Å². The van der Waals surface area contributed by atoms with Crippen molar-refractivity contribution in [1.29, 1.82) is 0 Å². The lowest BCUT2D eigenvalue weighted by molar-refractivity contribution is 0.498. The van der Waals surface area contributed by atoms with E-state index in [1.807, 2.05) is 11.9 Å². The molecule has 2 N–H and O–H groups in total. The molecule has 0 amide bonds. The van der Waals surface area contributed by atoms with Gasteiger partial charge in [-0.05, 0) is 13.5 Å². The van der Waals surface area contributed by atoms with Crippen LogP contribution in [0, 0.1) is 0 Å². The monoisotopic (exact) mass is 358 g/mol. The molecule has 0 aliphatic rings. The first kappa shape index (κ1) is 24.3. The number of hydrogen-bond donors (Lipinski definition) is 1. The van der Waals surface area contributed by atoms with Gasteiger partial charge in [-0.1, -0.05) is 115 Å². The van der Waals surface area contributed by atoms with E-state index in [1.165, 1.54) is 109 Å². The molecule has 0 spiro atoms. The Morgan fingerprint density at radius 2 is 1.00 bits per heavy atom. The van der Waals surface area contributed by atoms with Gasteiger partial charge in [0.2, 0.25) is 0 Å². The van der Waals surface area contributed by atoms with Gasteiger partial charge < -0.3 is 5.73 Å². The quantitative estimate of drug-likeness (QED) is 0.192. The van der Waals surface area contributed by atoms with Gasteiger partial charge in [-0.15, -0.1) is 0 Å². The average Bonchev–Trinajstić information content (AvgIpc) is 2.59. The molecule has 2 nitrogen and oxygen atoms in total. The first-order valence-corrected chi connectivity index (χ1v) is 11.8. The molecular weight excluding hydrogens is 312 g/mol. The number of nitrogens with two attached hydrogens (primary N) is 1. The predicted molar refractivity (Wildman–Crippen MR) is 114 cm³/mol. The summed E-state index contributed by atoms with van der Waals surface area (Å²) in [5.74, 6) is 1.05. The van der Waals surface area contributed by atoms with E-state index >= 15 is 0 Å². The zero-order valence-corrected chi connectivity index (χ0v) is 17.7. The van der Waals surface area contributed by atoms with Gasteiger partial charge in [0.25, 0.3) is 0 Å². The van der Waals surface area contributed by atoms with Crippen LogP contribution in [0.25, 0.3) is 0 Å². The third-order valence-corrected chi connectivity index (χ3v) is 5.80. The van der Waals surface area contributed by atoms with Crippen LogP contribution in [0.4, 0.5) is 0 Å². The molecule has 0 aromatic heterocycles. The van der Waals surface area contributed by atoms with E-state index in [4.69, 9.17) is 5.73 Å². The van der Waals surface area contributed by atoms with Crippen LogP contribution in [0.2, 0.25) is 0 Å². The summed E-state index contributed by atoms with van der Waals surface area (Å²) in [5.41, 5.74) is 5.52. The summed E-state index contributed by atoms with van der Waals surface area (Å²) in [6.07, 6.45) is 23.1. The molecule has 3 heteroatoms. The minimum absolute atomic E-state index is 0.786. The molecule has 0 rings (SSSR count). The highest BCUT2D eigenvalue weighted by Crippen LogP contribution is 2.14. The van der Waals surface area contributed by atoms with E-state index in [0.717, 1.165) is 12.3 Å². The number of unbranched alkanes of at least 4 members (excludes halogenated alkanes) is 15. The summed E-state index contributed by atoms with van der Waals surface area (Å²) in [6, 6.07) is 0. The summed E-state index contributed by atoms with van der Waals surface area (Å²) in [4.78, 5) is 0. The highest BCUT2D eigenvalue weighted by atomic mass is 32.2. The Morgan fingerprint density at radius 1 is 0.625 bits per heavy atom. The van der Waals surface area contributed by atoms with E-state index in [-0.39, 0.29) is 0 Å². The second-order valence-corrected chi connectivity index (χ2v) is 8.57. The smallest absolute Gasteiger partial charge is 0.0204 e. The molecule has 0 aromatic carbocycles. The van der Waals surface area contributed by atoms with Crippen LogP contribution in [-0.2, 0) is 0 Å². The van der Waals surface area contributed by atoms with Crippen molar-refractivity contribution in [2.75, 3.05) is 25.9 Å². The Balaban J connectivity index is 3.02. The topological polar surface area (TPSA) is 29.3 Å². The van der Waals surface area contributed by atoms with E-state index < -0.39 is 0 Å². The van der Waals surface area contributed by atoms with E-state index in [1.54, 1.807) is 0 Å². The minimum Gasteiger partial charge on any atom is -0.330 e. The Hall–Kier alpha value is 0.270. The molecule has 0 saturated carbocycles. The van der Waals surface area contributed by atoms with Gasteiger partial charge in [-0.3, -0.25) is 4.31 Å². The molecule has 24 heavy (non-hydrogen) atoms. The lowest BCUT2D eigenvalue weighted by Crippen LogP contribution is -2.14. The van der Waals surface area contributed by atoms with Crippen LogP contribution in [0.5, 0.6) is 0 Å². The summed E-state index contributed by atoms with van der Waals surface area (Å²) in [6.45, 7) is 4.29. The molecule has 0 radical (unpaired) electrons. The molecule has 0 saturated heterocycles. The SMILES string of the molecule is CCCCCCCCCCCCCCCCCCN(C)SCCN. The predicted octanol–water partition coefficient (Wildman–Crippen LogP) is 6.79. The maximum Gasteiger partial charge on any atom is 0.0204 e. The fourth-order valence-electron chi connectivity index (χ4n) is 3.16. The Labute approximate surface area is 157 Å². The van der Waals surface area contributed by atoms with Gasteiger partial charge in [-0.2, -0.15) is 0 Å². The molecular formula is C21H46N2S. The van der Waals surface area contributed by atoms with Gasteiger partial charge in [0.15, 0.2) is 0 Å². The summed E-state index contributed by atoms with van der Waals surface area (Å²) < 4.78 is 2.34. The van der Waals surface area contributed by atoms with Gasteiger partial charge in [0.1, 0.15) is 0 Å². The summed E-state index contributed by atoms with van der Waals surface area (Å²) in [5, 5.41) is 0. The Bertz CT molecular complexity index is 224. The third kappa shape index (κ3) is 20.3. The number of nitrogens with zero attached hydrogens (tertiary/aromatic N) is 1. The van der Waals surface area contributed by atoms with E-state index in [9.17, 15) is 0 Å². The first-order valence-electron chi connectivity index (χ1n) is 10.9. The van der Waals surface area contributed by atoms with E-state index in [2.05, 4.69) is 18.3 Å². The molecule has 0 fully saturated rings. The van der Waals surface area contributed by atoms with Crippen LogP contribution >= 0.6 is 11.9 Å². The molecule has 146 valence electrons. The summed E-state index contributed by atoms with van der Waals surface area (Å²) in [7, 11) is 2.19. The number of hydrogen-bond acceptors (Lipinski definition) is 3. The van der Waals surface area contributed by atoms with Crippen molar-refractivity contribution in [3.05, 3.63) is 0 Å². The Kier molecular flexibility index (Phi) is 21.6. The van der Waals surface area contributed by atoms with Crippen LogP contribution < -0.4 is 5.73 Å². The second kappa shape index (κ2) is 21.3. The average molecular weight is 359 g/mol. The van der Waals surface area contributed by atoms with Crippen molar-refractivity contribution >= 4 is 11.9 Å². The highest BCUT2D eigenvalue weighted by molar-refractivity contribution is 7.97. The van der Waals surface area contributed by atoms with Crippen molar-refractivity contribution in [2.24, 2.45) is 5.73 Å². The summed E-state index contributed by atoms with van der Waals surface area (Å²) >= 11 is 1.87. The van der Waals surface area contributed by atoms with E-state index in [0.29, 0.717) is 0 Å². The normalized spacial score (nSPS) is 11.5. The van der Waals surface area contributed by atoms with Crippen LogP contribution in [0.3, 0.4) is 0 Å². The molecule has 0 atom stereocenters. The van der Waals surface area contributed by atoms with Crippen LogP contribution in [0.1, 0.15) is 110 Å². The molecule has 0 heterocycles. The highest BCUT2D eigenvalue weighted by Gasteiger charge is 1.98. The van der Waals surface area contributed by atoms with Crippen LogP contribution in [0.15, 0.2) is 0 Å². The third-order valence-electron chi connectivity index (χ3n) is 4.76. The van der Waals surface area contributed by atoms with Crippen molar-refractivity contribution in [1.82, 2.24) is 4.31 Å². The second-order valence-electron chi connectivity index (χ2n) is 7.28. The lowest BCUT2D eigenvalue weighted by atomic mass is 10.0. The largest absolute Gasteiger partial charge is 0.330 e. The van der Waals surface area contributed by atoms with Crippen molar-refractivity contribution in [2.45, 2.75) is 110 Å². The molecule has 0 aliphatic carbocycles. The zero-order valence-electron chi connectivity index (χ0n) is 16.9. The Morgan fingerprint density at radius 3 is 1.38 bits per heavy atom. The standard InChI is InChI=1S/C21H46N2S/c1-3-4-5-6-7-8-9-10-11-12-13-14-15-16-17-18-20-23(2)24-21-19-22/h3-22H2,1-2H3. The minimum atomic E-state index is 0.786. The molecule has 0 aromatic rings. The maximum absolute atomic E-state index is 5.52. The zero-order chi connectivity index (χ0) is 17.7. The molecule has 0 bridgehead atoms. The number of rotatable bonds is 20. The fourth-order valence-corrected chi connectivity index (χ4v) is 3.83. The van der Waals surface area contributed by atoms with Crippen molar-refractivity contribution < 1.29 is 0 Å². The van der Waals surface area contributed by atoms with Gasteiger partial charge in [0.05, 0.1) is 0 Å². The first-order chi connectivity index (χ1) is 11.8. The molecule has 0 unspecified atom stereocenters. The van der Waals surface area contributed by atoms with Gasteiger partial charge in [-0.25, -0.2) is 0 Å². The van der Waals surface area contributed by atoms with Gasteiger partial charge >= 0.3 is 0 Å². The fraction of sp³-hybridized carbons (Fsp3) is 1.00. The lowest BCUT2D eigenvalue weighted by Gasteiger charge is -2.14. The van der Waals surface area contributed by atoms with Crippen LogP contribution in [-0.4, -0.2) is 30.2 Å². The van der Waals surface area contributed by atoms with Crippen molar-refractivity contribution in [3.8, 4) is 0 Å². The van der Waals surface area contributed by atoms with Gasteiger partial charge in [0, 0.05) is 18.8 Å². The maximum atomic E-state index is 5.52. The molecule has 0 aliphatic heterocycles.